The Morgan fingerprint density at radius 1 is 1.37 bits per heavy atom. The lowest BCUT2D eigenvalue weighted by Crippen LogP contribution is -2.31. The lowest BCUT2D eigenvalue weighted by Gasteiger charge is -2.10. The second-order valence-corrected chi connectivity index (χ2v) is 3.72. The number of benzene rings is 1. The number of rotatable bonds is 7. The van der Waals surface area contributed by atoms with Gasteiger partial charge in [0.1, 0.15) is 0 Å². The van der Waals surface area contributed by atoms with Crippen LogP contribution in [0.2, 0.25) is 0 Å². The zero-order chi connectivity index (χ0) is 14.3. The van der Waals surface area contributed by atoms with Gasteiger partial charge in [0.15, 0.2) is 24.0 Å². The number of hydrogen-bond acceptors (Lipinski definition) is 4. The van der Waals surface area contributed by atoms with Crippen LogP contribution >= 0.6 is 0 Å². The molecule has 0 spiro atoms. The van der Waals surface area contributed by atoms with E-state index in [1.165, 1.54) is 7.11 Å². The van der Waals surface area contributed by atoms with E-state index in [-0.39, 0.29) is 6.54 Å². The molecule has 0 aliphatic heterocycles. The Morgan fingerprint density at radius 2 is 2.00 bits per heavy atom. The fourth-order valence-corrected chi connectivity index (χ4v) is 1.35. The summed E-state index contributed by atoms with van der Waals surface area (Å²) in [7, 11) is 1.49. The van der Waals surface area contributed by atoms with E-state index in [1.807, 2.05) is 0 Å². The maximum absolute atomic E-state index is 13.5. The highest BCUT2D eigenvalue weighted by Crippen LogP contribution is 2.23. The number of methoxy groups -OCH3 is 1. The van der Waals surface area contributed by atoms with Crippen molar-refractivity contribution < 1.29 is 23.0 Å². The summed E-state index contributed by atoms with van der Waals surface area (Å²) in [5.74, 6) is -2.84. The van der Waals surface area contributed by atoms with E-state index in [9.17, 15) is 13.6 Å². The molecule has 0 radical (unpaired) electrons. The van der Waals surface area contributed by atoms with Crippen molar-refractivity contribution in [1.82, 2.24) is 5.32 Å². The molecule has 1 aromatic rings. The lowest BCUT2D eigenvalue weighted by molar-refractivity contribution is -0.123. The monoisotopic (exact) mass is 274 g/mol. The number of halogens is 2. The predicted octanol–water partition coefficient (Wildman–Crippen LogP) is 0.565. The van der Waals surface area contributed by atoms with Gasteiger partial charge < -0.3 is 20.5 Å². The van der Waals surface area contributed by atoms with Crippen LogP contribution in [-0.2, 0) is 16.1 Å². The Morgan fingerprint density at radius 3 is 2.53 bits per heavy atom. The number of amides is 1. The highest BCUT2D eigenvalue weighted by molar-refractivity contribution is 5.77. The molecule has 7 heteroatoms. The van der Waals surface area contributed by atoms with E-state index >= 15 is 0 Å². The van der Waals surface area contributed by atoms with E-state index in [4.69, 9.17) is 15.2 Å². The first-order valence-electron chi connectivity index (χ1n) is 5.65. The topological polar surface area (TPSA) is 73.6 Å². The Balaban J connectivity index is 2.55. The number of hydrogen-bond donors (Lipinski definition) is 2. The van der Waals surface area contributed by atoms with Gasteiger partial charge in [-0.05, 0) is 17.7 Å². The first kappa shape index (κ1) is 15.3. The predicted molar refractivity (Wildman–Crippen MR) is 64.6 cm³/mol. The van der Waals surface area contributed by atoms with E-state index in [0.717, 1.165) is 12.1 Å². The summed E-state index contributed by atoms with van der Waals surface area (Å²) in [6.07, 6.45) is 0. The van der Waals surface area contributed by atoms with Crippen LogP contribution in [0.5, 0.6) is 5.75 Å². The molecule has 0 atom stereocenters. The van der Waals surface area contributed by atoms with Crippen LogP contribution in [0, 0.1) is 11.6 Å². The van der Waals surface area contributed by atoms with Crippen molar-refractivity contribution in [1.29, 1.82) is 0 Å². The molecule has 1 rings (SSSR count). The van der Waals surface area contributed by atoms with Crippen molar-refractivity contribution in [2.24, 2.45) is 5.73 Å². The van der Waals surface area contributed by atoms with Crippen molar-refractivity contribution in [2.75, 3.05) is 26.9 Å². The van der Waals surface area contributed by atoms with Crippen molar-refractivity contribution >= 4 is 5.91 Å². The zero-order valence-corrected chi connectivity index (χ0v) is 10.5. The Hall–Kier alpha value is -1.73. The Bertz CT molecular complexity index is 418. The molecule has 0 heterocycles. The molecule has 19 heavy (non-hydrogen) atoms. The van der Waals surface area contributed by atoms with Crippen molar-refractivity contribution in [3.05, 3.63) is 29.3 Å². The second-order valence-electron chi connectivity index (χ2n) is 3.72. The quantitative estimate of drug-likeness (QED) is 0.713. The fourth-order valence-electron chi connectivity index (χ4n) is 1.35. The molecule has 0 saturated carbocycles. The molecule has 0 aliphatic rings. The second kappa shape index (κ2) is 7.65. The van der Waals surface area contributed by atoms with Gasteiger partial charge in [0.25, 0.3) is 5.91 Å². The molecule has 0 fully saturated rings. The van der Waals surface area contributed by atoms with Gasteiger partial charge in [-0.25, -0.2) is 8.78 Å². The van der Waals surface area contributed by atoms with Crippen molar-refractivity contribution in [2.45, 2.75) is 6.54 Å². The van der Waals surface area contributed by atoms with Crippen LogP contribution in [-0.4, -0.2) is 32.8 Å². The summed E-state index contributed by atoms with van der Waals surface area (Å²) in [5.41, 5.74) is 5.59. The molecule has 106 valence electrons. The first-order chi connectivity index (χ1) is 9.08. The van der Waals surface area contributed by atoms with Crippen molar-refractivity contribution in [3.8, 4) is 5.75 Å². The highest BCUT2D eigenvalue weighted by atomic mass is 19.1. The number of carbonyl (C=O) groups is 1. The van der Waals surface area contributed by atoms with Gasteiger partial charge in [-0.3, -0.25) is 4.79 Å². The zero-order valence-electron chi connectivity index (χ0n) is 10.5. The van der Waals surface area contributed by atoms with Crippen LogP contribution in [0.1, 0.15) is 5.56 Å². The Kier molecular flexibility index (Phi) is 6.17. The number of nitrogens with one attached hydrogen (secondary N) is 1. The molecule has 0 bridgehead atoms. The normalized spacial score (nSPS) is 10.3. The Labute approximate surface area is 109 Å². The van der Waals surface area contributed by atoms with Gasteiger partial charge in [0, 0.05) is 20.2 Å². The average molecular weight is 274 g/mol. The van der Waals surface area contributed by atoms with Gasteiger partial charge in [-0.15, -0.1) is 0 Å². The molecule has 1 aromatic carbocycles. The molecule has 5 nitrogen and oxygen atoms in total. The van der Waals surface area contributed by atoms with E-state index in [1.54, 1.807) is 0 Å². The standard InChI is InChI=1S/C12H16F2N2O3/c1-18-3-2-16-11(17)7-19-12-9(13)4-8(6-15)5-10(12)14/h4-5H,2-3,6-7,15H2,1H3,(H,16,17). The summed E-state index contributed by atoms with van der Waals surface area (Å²) in [4.78, 5) is 11.3. The third-order valence-electron chi connectivity index (χ3n) is 2.27. The van der Waals surface area contributed by atoms with Gasteiger partial charge >= 0.3 is 0 Å². The smallest absolute Gasteiger partial charge is 0.258 e. The molecule has 0 saturated heterocycles. The lowest BCUT2D eigenvalue weighted by atomic mass is 10.2. The first-order valence-corrected chi connectivity index (χ1v) is 5.65. The van der Waals surface area contributed by atoms with E-state index < -0.39 is 29.9 Å². The van der Waals surface area contributed by atoms with Gasteiger partial charge in [-0.1, -0.05) is 0 Å². The van der Waals surface area contributed by atoms with Gasteiger partial charge in [-0.2, -0.15) is 0 Å². The molecular weight excluding hydrogens is 258 g/mol. The number of nitrogens with two attached hydrogens (primary N) is 1. The van der Waals surface area contributed by atoms with Gasteiger partial charge in [0.05, 0.1) is 6.61 Å². The minimum atomic E-state index is -0.884. The van der Waals surface area contributed by atoms with Crippen LogP contribution in [0.15, 0.2) is 12.1 Å². The largest absolute Gasteiger partial charge is 0.478 e. The third-order valence-corrected chi connectivity index (χ3v) is 2.27. The minimum Gasteiger partial charge on any atom is -0.478 e. The maximum Gasteiger partial charge on any atom is 0.258 e. The number of ether oxygens (including phenoxy) is 2. The van der Waals surface area contributed by atoms with Crippen LogP contribution in [0.25, 0.3) is 0 Å². The van der Waals surface area contributed by atoms with E-state index in [2.05, 4.69) is 5.32 Å². The molecular formula is C12H16F2N2O3. The summed E-state index contributed by atoms with van der Waals surface area (Å²) in [5, 5.41) is 2.46. The summed E-state index contributed by atoms with van der Waals surface area (Å²) < 4.78 is 36.5. The summed E-state index contributed by atoms with van der Waals surface area (Å²) in [6, 6.07) is 2.14. The third kappa shape index (κ3) is 4.80. The molecule has 0 aromatic heterocycles. The van der Waals surface area contributed by atoms with Crippen LogP contribution in [0.4, 0.5) is 8.78 Å². The van der Waals surface area contributed by atoms with E-state index in [0.29, 0.717) is 18.7 Å². The fraction of sp³-hybridized carbons (Fsp3) is 0.417. The summed E-state index contributed by atoms with van der Waals surface area (Å²) in [6.45, 7) is 0.195. The SMILES string of the molecule is COCCNC(=O)COc1c(F)cc(CN)cc1F. The van der Waals surface area contributed by atoms with Crippen molar-refractivity contribution in [3.63, 3.8) is 0 Å². The number of carbonyl (C=O) groups excluding carboxylic acids is 1. The minimum absolute atomic E-state index is 0.0195. The van der Waals surface area contributed by atoms with Crippen LogP contribution < -0.4 is 15.8 Å². The molecule has 1 amide bonds. The highest BCUT2D eigenvalue weighted by Gasteiger charge is 2.13. The maximum atomic E-state index is 13.5. The summed E-state index contributed by atoms with van der Waals surface area (Å²) >= 11 is 0. The molecule has 0 aliphatic carbocycles. The average Bonchev–Trinajstić information content (AvgIpc) is 2.37. The van der Waals surface area contributed by atoms with Gasteiger partial charge in [0.2, 0.25) is 0 Å². The molecule has 0 unspecified atom stereocenters. The van der Waals surface area contributed by atoms with Crippen LogP contribution in [0.3, 0.4) is 0 Å². The molecule has 3 N–H and O–H groups in total.